The van der Waals surface area contributed by atoms with Crippen LogP contribution in [0.2, 0.25) is 0 Å². The number of halogens is 1. The van der Waals surface area contributed by atoms with E-state index >= 15 is 0 Å². The normalized spacial score (nSPS) is 17.3. The Morgan fingerprint density at radius 3 is 2.41 bits per heavy atom. The standard InChI is InChI=1S/C20H35N5O.HI/c1-16(2)18(25-12-10-24(4)11-13-25)15-23-20(21-3)22-14-17-8-6-7-9-19(17)26-5;/h6-9,16,18H,10-15H2,1-5H3,(H2,21,22,23);1H. The van der Waals surface area contributed by atoms with Crippen molar-refractivity contribution in [1.82, 2.24) is 20.4 Å². The van der Waals surface area contributed by atoms with Crippen LogP contribution in [0.4, 0.5) is 0 Å². The largest absolute Gasteiger partial charge is 0.496 e. The van der Waals surface area contributed by atoms with E-state index in [9.17, 15) is 0 Å². The molecule has 1 heterocycles. The van der Waals surface area contributed by atoms with Crippen LogP contribution in [0.25, 0.3) is 0 Å². The first-order chi connectivity index (χ1) is 12.5. The van der Waals surface area contributed by atoms with Crippen molar-refractivity contribution in [3.05, 3.63) is 29.8 Å². The Bertz CT molecular complexity index is 573. The Morgan fingerprint density at radius 1 is 1.15 bits per heavy atom. The lowest BCUT2D eigenvalue weighted by atomic mass is 10.0. The molecule has 0 aromatic heterocycles. The molecular weight excluding hydrogens is 453 g/mol. The molecule has 0 aliphatic carbocycles. The summed E-state index contributed by atoms with van der Waals surface area (Å²) in [6, 6.07) is 8.57. The van der Waals surface area contributed by atoms with Crippen molar-refractivity contribution < 1.29 is 4.74 Å². The van der Waals surface area contributed by atoms with Crippen LogP contribution in [0.15, 0.2) is 29.3 Å². The topological polar surface area (TPSA) is 52.1 Å². The molecule has 6 nitrogen and oxygen atoms in total. The molecule has 7 heteroatoms. The van der Waals surface area contributed by atoms with Gasteiger partial charge in [-0.3, -0.25) is 9.89 Å². The van der Waals surface area contributed by atoms with E-state index < -0.39 is 0 Å². The van der Waals surface area contributed by atoms with Gasteiger partial charge >= 0.3 is 0 Å². The van der Waals surface area contributed by atoms with Crippen LogP contribution in [0.5, 0.6) is 5.75 Å². The minimum Gasteiger partial charge on any atom is -0.496 e. The Hall–Kier alpha value is -1.06. The highest BCUT2D eigenvalue weighted by Crippen LogP contribution is 2.16. The van der Waals surface area contributed by atoms with Crippen molar-refractivity contribution in [3.8, 4) is 5.75 Å². The Balaban J connectivity index is 0.00000364. The van der Waals surface area contributed by atoms with Crippen LogP contribution >= 0.6 is 24.0 Å². The van der Waals surface area contributed by atoms with Gasteiger partial charge in [0.2, 0.25) is 0 Å². The summed E-state index contributed by atoms with van der Waals surface area (Å²) >= 11 is 0. The molecule has 0 amide bonds. The van der Waals surface area contributed by atoms with Gasteiger partial charge in [-0.25, -0.2) is 0 Å². The molecule has 0 bridgehead atoms. The van der Waals surface area contributed by atoms with Gasteiger partial charge in [0.15, 0.2) is 5.96 Å². The number of para-hydroxylation sites is 1. The van der Waals surface area contributed by atoms with E-state index in [0.29, 0.717) is 18.5 Å². The lowest BCUT2D eigenvalue weighted by Crippen LogP contribution is -2.55. The van der Waals surface area contributed by atoms with E-state index in [0.717, 1.165) is 50.0 Å². The van der Waals surface area contributed by atoms with Crippen LogP contribution in [-0.4, -0.2) is 75.7 Å². The summed E-state index contributed by atoms with van der Waals surface area (Å²) in [5.74, 6) is 2.32. The lowest BCUT2D eigenvalue weighted by Gasteiger charge is -2.40. The minimum atomic E-state index is 0. The van der Waals surface area contributed by atoms with Gasteiger partial charge in [0, 0.05) is 57.9 Å². The summed E-state index contributed by atoms with van der Waals surface area (Å²) in [5.41, 5.74) is 1.12. The van der Waals surface area contributed by atoms with E-state index in [1.165, 1.54) is 0 Å². The van der Waals surface area contributed by atoms with Crippen LogP contribution in [-0.2, 0) is 6.54 Å². The number of piperazine rings is 1. The molecule has 2 N–H and O–H groups in total. The third-order valence-corrected chi connectivity index (χ3v) is 5.12. The second-order valence-electron chi connectivity index (χ2n) is 7.27. The fourth-order valence-electron chi connectivity index (χ4n) is 3.39. The second-order valence-corrected chi connectivity index (χ2v) is 7.27. The fraction of sp³-hybridized carbons (Fsp3) is 0.650. The van der Waals surface area contributed by atoms with Crippen molar-refractivity contribution in [1.29, 1.82) is 0 Å². The maximum absolute atomic E-state index is 5.42. The fourth-order valence-corrected chi connectivity index (χ4v) is 3.39. The van der Waals surface area contributed by atoms with Gasteiger partial charge in [-0.05, 0) is 19.0 Å². The number of guanidine groups is 1. The number of benzene rings is 1. The molecular formula is C20H36IN5O. The maximum Gasteiger partial charge on any atom is 0.191 e. The van der Waals surface area contributed by atoms with Gasteiger partial charge in [-0.2, -0.15) is 0 Å². The van der Waals surface area contributed by atoms with Crippen molar-refractivity contribution in [2.75, 3.05) is 53.9 Å². The molecule has 1 fully saturated rings. The van der Waals surface area contributed by atoms with Crippen LogP contribution < -0.4 is 15.4 Å². The van der Waals surface area contributed by atoms with Crippen molar-refractivity contribution in [3.63, 3.8) is 0 Å². The number of hydrogen-bond acceptors (Lipinski definition) is 4. The van der Waals surface area contributed by atoms with E-state index in [4.69, 9.17) is 4.74 Å². The molecule has 154 valence electrons. The summed E-state index contributed by atoms with van der Waals surface area (Å²) in [4.78, 5) is 9.37. The van der Waals surface area contributed by atoms with E-state index in [1.807, 2.05) is 25.2 Å². The summed E-state index contributed by atoms with van der Waals surface area (Å²) in [6.07, 6.45) is 0. The van der Waals surface area contributed by atoms with Gasteiger partial charge in [-0.1, -0.05) is 32.0 Å². The number of nitrogens with zero attached hydrogens (tertiary/aromatic N) is 3. The van der Waals surface area contributed by atoms with E-state index in [1.54, 1.807) is 7.11 Å². The van der Waals surface area contributed by atoms with Crippen LogP contribution in [0.3, 0.4) is 0 Å². The van der Waals surface area contributed by atoms with Crippen LogP contribution in [0, 0.1) is 5.92 Å². The molecule has 27 heavy (non-hydrogen) atoms. The number of methoxy groups -OCH3 is 1. The third-order valence-electron chi connectivity index (χ3n) is 5.12. The zero-order valence-electron chi connectivity index (χ0n) is 17.4. The van der Waals surface area contributed by atoms with Gasteiger partial charge in [0.1, 0.15) is 5.75 Å². The summed E-state index contributed by atoms with van der Waals surface area (Å²) in [7, 11) is 5.72. The molecule has 0 spiro atoms. The van der Waals surface area contributed by atoms with E-state index in [2.05, 4.69) is 52.4 Å². The zero-order valence-corrected chi connectivity index (χ0v) is 19.7. The predicted molar refractivity (Wildman–Crippen MR) is 124 cm³/mol. The highest BCUT2D eigenvalue weighted by molar-refractivity contribution is 14.0. The number of likely N-dealkylation sites (N-methyl/N-ethyl adjacent to an activating group) is 1. The minimum absolute atomic E-state index is 0. The number of hydrogen-bond donors (Lipinski definition) is 2. The molecule has 1 aromatic carbocycles. The molecule has 1 aliphatic heterocycles. The molecule has 1 aliphatic rings. The number of aliphatic imine (C=N–C) groups is 1. The Labute approximate surface area is 181 Å². The maximum atomic E-state index is 5.42. The Kier molecular flexibility index (Phi) is 11.0. The first kappa shape index (κ1) is 24.0. The molecule has 1 atom stereocenters. The smallest absolute Gasteiger partial charge is 0.191 e. The quantitative estimate of drug-likeness (QED) is 0.350. The zero-order chi connectivity index (χ0) is 18.9. The number of ether oxygens (including phenoxy) is 1. The first-order valence-corrected chi connectivity index (χ1v) is 9.54. The molecule has 1 unspecified atom stereocenters. The SMILES string of the molecule is CN=C(NCc1ccccc1OC)NCC(C(C)C)N1CCN(C)CC1.I. The van der Waals surface area contributed by atoms with Crippen molar-refractivity contribution in [2.24, 2.45) is 10.9 Å². The highest BCUT2D eigenvalue weighted by Gasteiger charge is 2.25. The molecule has 0 radical (unpaired) electrons. The predicted octanol–water partition coefficient (Wildman–Crippen LogP) is 2.25. The van der Waals surface area contributed by atoms with Gasteiger partial charge in [0.25, 0.3) is 0 Å². The third kappa shape index (κ3) is 7.46. The molecule has 0 saturated carbocycles. The average Bonchev–Trinajstić information content (AvgIpc) is 2.65. The van der Waals surface area contributed by atoms with Gasteiger partial charge in [-0.15, -0.1) is 24.0 Å². The van der Waals surface area contributed by atoms with E-state index in [-0.39, 0.29) is 24.0 Å². The summed E-state index contributed by atoms with van der Waals surface area (Å²) < 4.78 is 5.42. The highest BCUT2D eigenvalue weighted by atomic mass is 127. The molecule has 1 aromatic rings. The molecule has 2 rings (SSSR count). The van der Waals surface area contributed by atoms with Crippen molar-refractivity contribution >= 4 is 29.9 Å². The summed E-state index contributed by atoms with van der Waals surface area (Å²) in [6.45, 7) is 10.7. The van der Waals surface area contributed by atoms with Crippen LogP contribution in [0.1, 0.15) is 19.4 Å². The first-order valence-electron chi connectivity index (χ1n) is 9.54. The van der Waals surface area contributed by atoms with Gasteiger partial charge < -0.3 is 20.3 Å². The Morgan fingerprint density at radius 2 is 1.81 bits per heavy atom. The number of nitrogens with one attached hydrogen (secondary N) is 2. The second kappa shape index (κ2) is 12.4. The number of rotatable bonds is 7. The van der Waals surface area contributed by atoms with Gasteiger partial charge in [0.05, 0.1) is 7.11 Å². The summed E-state index contributed by atoms with van der Waals surface area (Å²) in [5, 5.41) is 6.91. The monoisotopic (exact) mass is 489 g/mol. The molecule has 1 saturated heterocycles. The van der Waals surface area contributed by atoms with Crippen molar-refractivity contribution in [2.45, 2.75) is 26.4 Å². The lowest BCUT2D eigenvalue weighted by molar-refractivity contribution is 0.0900. The average molecular weight is 489 g/mol.